The number of fused-ring (bicyclic) bond motifs is 6. The van der Waals surface area contributed by atoms with E-state index < -0.39 is 0 Å². The molecule has 6 aromatic rings. The molecule has 0 atom stereocenters. The third kappa shape index (κ3) is 3.86. The molecule has 0 unspecified atom stereocenters. The normalized spacial score (nSPS) is 15.7. The molecule has 3 heterocycles. The lowest BCUT2D eigenvalue weighted by molar-refractivity contribution is 0.632. The molecule has 6 aromatic carbocycles. The van der Waals surface area contributed by atoms with Crippen molar-refractivity contribution in [3.63, 3.8) is 0 Å². The van der Waals surface area contributed by atoms with Gasteiger partial charge in [0.15, 0.2) is 7.28 Å². The fourth-order valence-corrected chi connectivity index (χ4v) is 8.95. The second kappa shape index (κ2) is 9.75. The molecule has 3 aliphatic rings. The van der Waals surface area contributed by atoms with Crippen molar-refractivity contribution in [2.24, 2.45) is 0 Å². The summed E-state index contributed by atoms with van der Waals surface area (Å²) in [5.74, 6) is 0. The molecule has 0 saturated carbocycles. The first-order valence-corrected chi connectivity index (χ1v) is 16.9. The van der Waals surface area contributed by atoms with Crippen LogP contribution in [0, 0.1) is 13.8 Å². The minimum absolute atomic E-state index is 0.0929. The summed E-state index contributed by atoms with van der Waals surface area (Å²) in [6.07, 6.45) is 0. The van der Waals surface area contributed by atoms with Gasteiger partial charge in [-0.15, -0.1) is 0 Å². The summed E-state index contributed by atoms with van der Waals surface area (Å²) in [6, 6.07) is 43.3. The number of para-hydroxylation sites is 4. The molecular weight excluding hydrogens is 567 g/mol. The van der Waals surface area contributed by atoms with E-state index in [2.05, 4.69) is 167 Å². The molecule has 0 aromatic heterocycles. The van der Waals surface area contributed by atoms with E-state index in [-0.39, 0.29) is 10.8 Å². The zero-order chi connectivity index (χ0) is 32.2. The minimum Gasteiger partial charge on any atom is -0.355 e. The van der Waals surface area contributed by atoms with Gasteiger partial charge in [0.2, 0.25) is 0 Å². The monoisotopic (exact) mass is 606 g/mol. The van der Waals surface area contributed by atoms with Crippen LogP contribution in [0.15, 0.2) is 115 Å². The molecule has 0 radical (unpaired) electrons. The summed E-state index contributed by atoms with van der Waals surface area (Å²) in [4.78, 5) is 2.59. The third-order valence-electron chi connectivity index (χ3n) is 11.3. The van der Waals surface area contributed by atoms with E-state index in [1.807, 2.05) is 0 Å². The van der Waals surface area contributed by atoms with Gasteiger partial charge in [0.1, 0.15) is 0 Å². The number of aryl methyl sites for hydroxylation is 2. The second-order valence-corrected chi connectivity index (χ2v) is 14.8. The Labute approximate surface area is 279 Å². The summed E-state index contributed by atoms with van der Waals surface area (Å²) in [6.45, 7) is 14.0. The largest absolute Gasteiger partial charge is 0.355 e. The van der Waals surface area contributed by atoms with E-state index in [0.717, 1.165) is 7.28 Å². The zero-order valence-electron chi connectivity index (χ0n) is 28.1. The Bertz CT molecular complexity index is 2270. The maximum Gasteiger partial charge on any atom is 0.198 e. The molecule has 0 aliphatic carbocycles. The lowest BCUT2D eigenvalue weighted by Gasteiger charge is -2.46. The summed E-state index contributed by atoms with van der Waals surface area (Å²) in [5.41, 5.74) is 22.1. The lowest BCUT2D eigenvalue weighted by Crippen LogP contribution is -2.45. The van der Waals surface area contributed by atoms with E-state index in [4.69, 9.17) is 0 Å². The van der Waals surface area contributed by atoms with Gasteiger partial charge >= 0.3 is 0 Å². The van der Waals surface area contributed by atoms with Gasteiger partial charge in [0.25, 0.3) is 0 Å². The number of nitrogens with one attached hydrogen (secondary N) is 1. The number of hydrogen-bond acceptors (Lipinski definition) is 2. The molecule has 0 amide bonds. The SMILES string of the molecule is Cc1cccc(C)c1-c1cc(-c2cccc3c2Nc2ccccc2C3(C)C)c2c(c1)N1c3ccccc3C(C)(C)c3cccc(c31)B2. The molecule has 3 heteroatoms. The highest BCUT2D eigenvalue weighted by atomic mass is 15.2. The molecule has 47 heavy (non-hydrogen) atoms. The Balaban J connectivity index is 1.38. The van der Waals surface area contributed by atoms with E-state index in [1.54, 1.807) is 0 Å². The maximum absolute atomic E-state index is 3.93. The molecule has 0 bridgehead atoms. The van der Waals surface area contributed by atoms with Crippen LogP contribution >= 0.6 is 0 Å². The highest BCUT2D eigenvalue weighted by molar-refractivity contribution is 6.73. The zero-order valence-corrected chi connectivity index (χ0v) is 28.1. The fourth-order valence-electron chi connectivity index (χ4n) is 8.95. The Kier molecular flexibility index (Phi) is 5.85. The van der Waals surface area contributed by atoms with Crippen molar-refractivity contribution in [2.45, 2.75) is 52.4 Å². The van der Waals surface area contributed by atoms with Gasteiger partial charge in [-0.25, -0.2) is 0 Å². The van der Waals surface area contributed by atoms with E-state index in [9.17, 15) is 0 Å². The van der Waals surface area contributed by atoms with E-state index >= 15 is 0 Å². The smallest absolute Gasteiger partial charge is 0.198 e. The summed E-state index contributed by atoms with van der Waals surface area (Å²) >= 11 is 0. The number of benzene rings is 6. The standard InChI is InChI=1S/C44H39BN2/c1-26-14-11-15-27(2)39(26)28-24-30(29-16-12-19-33-41(29)46-36-22-9-7-17-31(36)43(33,3)4)40-38(25-28)47-37-23-10-8-18-32(37)44(5,6)34-20-13-21-35(45-40)42(34)47/h7-25,45-46H,1-6H3. The van der Waals surface area contributed by atoms with Crippen LogP contribution in [0.3, 0.4) is 0 Å². The summed E-state index contributed by atoms with van der Waals surface area (Å²) in [5, 5.41) is 3.93. The first-order valence-electron chi connectivity index (χ1n) is 16.9. The quantitative estimate of drug-likeness (QED) is 0.197. The van der Waals surface area contributed by atoms with Gasteiger partial charge in [-0.1, -0.05) is 124 Å². The predicted octanol–water partition coefficient (Wildman–Crippen LogP) is 9.83. The Morgan fingerprint density at radius 1 is 0.574 bits per heavy atom. The summed E-state index contributed by atoms with van der Waals surface area (Å²) in [7, 11) is 0.888. The van der Waals surface area contributed by atoms with Gasteiger partial charge < -0.3 is 10.2 Å². The summed E-state index contributed by atoms with van der Waals surface area (Å²) < 4.78 is 0. The van der Waals surface area contributed by atoms with Crippen LogP contribution in [0.4, 0.5) is 28.4 Å². The van der Waals surface area contributed by atoms with Gasteiger partial charge in [0.05, 0.1) is 11.4 Å². The number of anilines is 5. The van der Waals surface area contributed by atoms with Gasteiger partial charge in [-0.2, -0.15) is 0 Å². The molecule has 3 aliphatic heterocycles. The average Bonchev–Trinajstić information content (AvgIpc) is 3.06. The van der Waals surface area contributed by atoms with Crippen LogP contribution in [-0.2, 0) is 10.8 Å². The molecular formula is C44H39BN2. The topological polar surface area (TPSA) is 15.3 Å². The first kappa shape index (κ1) is 28.2. The van der Waals surface area contributed by atoms with E-state index in [1.165, 1.54) is 95.0 Å². The van der Waals surface area contributed by atoms with Crippen LogP contribution in [0.2, 0.25) is 0 Å². The molecule has 0 spiro atoms. The van der Waals surface area contributed by atoms with Crippen molar-refractivity contribution in [3.05, 3.63) is 149 Å². The van der Waals surface area contributed by atoms with E-state index in [0.29, 0.717) is 0 Å². The highest BCUT2D eigenvalue weighted by Crippen LogP contribution is 2.54. The third-order valence-corrected chi connectivity index (χ3v) is 11.3. The van der Waals surface area contributed by atoms with Crippen molar-refractivity contribution >= 4 is 46.6 Å². The van der Waals surface area contributed by atoms with Crippen LogP contribution in [0.5, 0.6) is 0 Å². The fraction of sp³-hybridized carbons (Fsp3) is 0.182. The van der Waals surface area contributed by atoms with Crippen LogP contribution in [0.25, 0.3) is 22.3 Å². The van der Waals surface area contributed by atoms with Crippen molar-refractivity contribution in [2.75, 3.05) is 10.2 Å². The van der Waals surface area contributed by atoms with Crippen molar-refractivity contribution < 1.29 is 0 Å². The maximum atomic E-state index is 3.93. The van der Waals surface area contributed by atoms with Crippen molar-refractivity contribution in [3.8, 4) is 22.3 Å². The lowest BCUT2D eigenvalue weighted by atomic mass is 9.55. The molecule has 1 N–H and O–H groups in total. The van der Waals surface area contributed by atoms with Crippen LogP contribution < -0.4 is 21.1 Å². The minimum atomic E-state index is -0.129. The Morgan fingerprint density at radius 2 is 1.21 bits per heavy atom. The van der Waals surface area contributed by atoms with Crippen molar-refractivity contribution in [1.29, 1.82) is 0 Å². The predicted molar refractivity (Wildman–Crippen MR) is 202 cm³/mol. The van der Waals surface area contributed by atoms with Crippen molar-refractivity contribution in [1.82, 2.24) is 0 Å². The molecule has 228 valence electrons. The van der Waals surface area contributed by atoms with Gasteiger partial charge in [0, 0.05) is 33.5 Å². The van der Waals surface area contributed by atoms with Gasteiger partial charge in [-0.3, -0.25) is 0 Å². The molecule has 0 saturated heterocycles. The Hall–Kier alpha value is -5.02. The molecule has 2 nitrogen and oxygen atoms in total. The Morgan fingerprint density at radius 3 is 2.02 bits per heavy atom. The molecule has 9 rings (SSSR count). The van der Waals surface area contributed by atoms with Crippen LogP contribution in [-0.4, -0.2) is 7.28 Å². The number of hydrogen-bond donors (Lipinski definition) is 1. The molecule has 0 fully saturated rings. The number of rotatable bonds is 2. The van der Waals surface area contributed by atoms with Gasteiger partial charge in [-0.05, 0) is 93.6 Å². The second-order valence-electron chi connectivity index (χ2n) is 14.8. The average molecular weight is 607 g/mol. The van der Waals surface area contributed by atoms with Crippen LogP contribution in [0.1, 0.15) is 61.1 Å². The number of nitrogens with zero attached hydrogens (tertiary/aromatic N) is 1. The first-order chi connectivity index (χ1) is 22.7. The highest BCUT2D eigenvalue weighted by Gasteiger charge is 2.41.